The molecule has 0 aliphatic carbocycles. The van der Waals surface area contributed by atoms with Crippen molar-refractivity contribution >= 4 is 15.9 Å². The molecule has 0 saturated heterocycles. The smallest absolute Gasteiger partial charge is 0.0315 e. The highest BCUT2D eigenvalue weighted by molar-refractivity contribution is 9.10. The lowest BCUT2D eigenvalue weighted by Gasteiger charge is -2.13. The fourth-order valence-electron chi connectivity index (χ4n) is 1.35. The molecule has 14 heavy (non-hydrogen) atoms. The van der Waals surface area contributed by atoms with Crippen LogP contribution in [-0.2, 0) is 0 Å². The average Bonchev–Trinajstić information content (AvgIpc) is 2.18. The molecule has 1 unspecified atom stereocenters. The van der Waals surface area contributed by atoms with Crippen molar-refractivity contribution in [3.63, 3.8) is 0 Å². The van der Waals surface area contributed by atoms with Crippen LogP contribution in [0.3, 0.4) is 0 Å². The molecule has 0 spiro atoms. The molecule has 0 radical (unpaired) electrons. The van der Waals surface area contributed by atoms with Crippen LogP contribution in [0.25, 0.3) is 0 Å². The van der Waals surface area contributed by atoms with Crippen molar-refractivity contribution in [2.75, 3.05) is 0 Å². The summed E-state index contributed by atoms with van der Waals surface area (Å²) in [4.78, 5) is 0. The molecule has 2 heteroatoms. The van der Waals surface area contributed by atoms with Crippen molar-refractivity contribution in [1.29, 1.82) is 0 Å². The molecule has 1 aromatic rings. The lowest BCUT2D eigenvalue weighted by atomic mass is 10.0. The van der Waals surface area contributed by atoms with Crippen LogP contribution in [0.2, 0.25) is 0 Å². The van der Waals surface area contributed by atoms with Gasteiger partial charge < -0.3 is 5.73 Å². The van der Waals surface area contributed by atoms with E-state index in [0.29, 0.717) is 0 Å². The van der Waals surface area contributed by atoms with Crippen LogP contribution in [0.5, 0.6) is 0 Å². The van der Waals surface area contributed by atoms with Crippen molar-refractivity contribution in [2.45, 2.75) is 25.8 Å². The molecule has 0 heterocycles. The van der Waals surface area contributed by atoms with Gasteiger partial charge in [0.05, 0.1) is 0 Å². The van der Waals surface area contributed by atoms with Crippen molar-refractivity contribution in [3.05, 3.63) is 33.8 Å². The lowest BCUT2D eigenvalue weighted by Crippen LogP contribution is -2.10. The minimum absolute atomic E-state index is 0.0281. The number of hydrogen-bond donors (Lipinski definition) is 1. The predicted molar refractivity (Wildman–Crippen MR) is 63.9 cm³/mol. The van der Waals surface area contributed by atoms with Crippen molar-refractivity contribution in [3.8, 4) is 12.3 Å². The number of halogens is 1. The van der Waals surface area contributed by atoms with Gasteiger partial charge in [-0.05, 0) is 24.5 Å². The van der Waals surface area contributed by atoms with E-state index in [1.807, 2.05) is 12.1 Å². The standard InChI is InChI=1S/C12H14BrN/c1-3-4-8-11(14)10-7-5-6-9(2)12(10)13/h1,5-7,11H,4,8,14H2,2H3. The topological polar surface area (TPSA) is 26.0 Å². The first-order valence-corrected chi connectivity index (χ1v) is 5.40. The van der Waals surface area contributed by atoms with E-state index in [9.17, 15) is 0 Å². The molecule has 0 saturated carbocycles. The lowest BCUT2D eigenvalue weighted by molar-refractivity contribution is 0.664. The van der Waals surface area contributed by atoms with Crippen LogP contribution in [0.4, 0.5) is 0 Å². The molecule has 1 aromatic carbocycles. The third-order valence-electron chi connectivity index (χ3n) is 2.22. The molecular formula is C12H14BrN. The van der Waals surface area contributed by atoms with Gasteiger partial charge >= 0.3 is 0 Å². The first-order chi connectivity index (χ1) is 6.66. The molecule has 1 nitrogen and oxygen atoms in total. The van der Waals surface area contributed by atoms with Crippen LogP contribution < -0.4 is 5.73 Å². The molecule has 1 atom stereocenters. The first kappa shape index (κ1) is 11.3. The largest absolute Gasteiger partial charge is 0.324 e. The summed E-state index contributed by atoms with van der Waals surface area (Å²) in [7, 11) is 0. The van der Waals surface area contributed by atoms with Gasteiger partial charge in [-0.1, -0.05) is 34.1 Å². The summed E-state index contributed by atoms with van der Waals surface area (Å²) in [5, 5.41) is 0. The van der Waals surface area contributed by atoms with Crippen LogP contribution in [0.15, 0.2) is 22.7 Å². The molecule has 74 valence electrons. The summed E-state index contributed by atoms with van der Waals surface area (Å²) in [5.74, 6) is 2.61. The van der Waals surface area contributed by atoms with Crippen LogP contribution in [0, 0.1) is 19.3 Å². The fraction of sp³-hybridized carbons (Fsp3) is 0.333. The monoisotopic (exact) mass is 251 g/mol. The SMILES string of the molecule is C#CCCC(N)c1cccc(C)c1Br. The summed E-state index contributed by atoms with van der Waals surface area (Å²) in [6.07, 6.45) is 6.76. The zero-order valence-electron chi connectivity index (χ0n) is 8.26. The molecule has 0 fully saturated rings. The number of hydrogen-bond acceptors (Lipinski definition) is 1. The molecule has 0 aliphatic rings. The zero-order chi connectivity index (χ0) is 10.6. The van der Waals surface area contributed by atoms with E-state index >= 15 is 0 Å². The Morgan fingerprint density at radius 1 is 1.57 bits per heavy atom. The normalized spacial score (nSPS) is 12.1. The molecule has 0 aromatic heterocycles. The van der Waals surface area contributed by atoms with Crippen LogP contribution >= 0.6 is 15.9 Å². The van der Waals surface area contributed by atoms with E-state index in [0.717, 1.165) is 22.9 Å². The van der Waals surface area contributed by atoms with Crippen LogP contribution in [0.1, 0.15) is 30.0 Å². The Hall–Kier alpha value is -0.780. The quantitative estimate of drug-likeness (QED) is 0.821. The summed E-state index contributed by atoms with van der Waals surface area (Å²) in [6.45, 7) is 2.06. The van der Waals surface area contributed by atoms with E-state index in [4.69, 9.17) is 12.2 Å². The average molecular weight is 252 g/mol. The minimum atomic E-state index is 0.0281. The van der Waals surface area contributed by atoms with Gasteiger partial charge in [0.1, 0.15) is 0 Å². The predicted octanol–water partition coefficient (Wildman–Crippen LogP) is 3.17. The molecule has 0 bridgehead atoms. The first-order valence-electron chi connectivity index (χ1n) is 4.61. The second-order valence-electron chi connectivity index (χ2n) is 3.33. The summed E-state index contributed by atoms with van der Waals surface area (Å²) < 4.78 is 1.10. The third kappa shape index (κ3) is 2.60. The zero-order valence-corrected chi connectivity index (χ0v) is 9.84. The van der Waals surface area contributed by atoms with Gasteiger partial charge in [0.25, 0.3) is 0 Å². The highest BCUT2D eigenvalue weighted by Crippen LogP contribution is 2.27. The Kier molecular flexibility index (Phi) is 4.19. The van der Waals surface area contributed by atoms with E-state index in [1.54, 1.807) is 0 Å². The van der Waals surface area contributed by atoms with Crippen molar-refractivity contribution < 1.29 is 0 Å². The highest BCUT2D eigenvalue weighted by Gasteiger charge is 2.09. The van der Waals surface area contributed by atoms with Gasteiger partial charge in [-0.15, -0.1) is 12.3 Å². The highest BCUT2D eigenvalue weighted by atomic mass is 79.9. The van der Waals surface area contributed by atoms with Gasteiger partial charge in [0.2, 0.25) is 0 Å². The minimum Gasteiger partial charge on any atom is -0.324 e. The Morgan fingerprint density at radius 2 is 2.29 bits per heavy atom. The Bertz CT molecular complexity index is 352. The van der Waals surface area contributed by atoms with Crippen molar-refractivity contribution in [2.24, 2.45) is 5.73 Å². The molecule has 0 amide bonds. The number of benzene rings is 1. The number of aryl methyl sites for hydroxylation is 1. The maximum absolute atomic E-state index is 6.03. The Balaban J connectivity index is 2.85. The maximum atomic E-state index is 6.03. The fourth-order valence-corrected chi connectivity index (χ4v) is 1.91. The van der Waals surface area contributed by atoms with Gasteiger partial charge in [-0.25, -0.2) is 0 Å². The van der Waals surface area contributed by atoms with E-state index in [1.165, 1.54) is 5.56 Å². The van der Waals surface area contributed by atoms with Gasteiger partial charge in [-0.3, -0.25) is 0 Å². The number of nitrogens with two attached hydrogens (primary N) is 1. The number of terminal acetylenes is 1. The third-order valence-corrected chi connectivity index (χ3v) is 3.30. The van der Waals surface area contributed by atoms with E-state index < -0.39 is 0 Å². The second-order valence-corrected chi connectivity index (χ2v) is 4.12. The summed E-state index contributed by atoms with van der Waals surface area (Å²) >= 11 is 3.54. The molecule has 0 aliphatic heterocycles. The van der Waals surface area contributed by atoms with Crippen LogP contribution in [-0.4, -0.2) is 0 Å². The maximum Gasteiger partial charge on any atom is 0.0315 e. The Morgan fingerprint density at radius 3 is 2.93 bits per heavy atom. The molecule has 1 rings (SSSR count). The summed E-state index contributed by atoms with van der Waals surface area (Å²) in [6, 6.07) is 6.14. The van der Waals surface area contributed by atoms with E-state index in [2.05, 4.69) is 34.8 Å². The van der Waals surface area contributed by atoms with E-state index in [-0.39, 0.29) is 6.04 Å². The van der Waals surface area contributed by atoms with Gasteiger partial charge in [-0.2, -0.15) is 0 Å². The molecule has 2 N–H and O–H groups in total. The van der Waals surface area contributed by atoms with Gasteiger partial charge in [0, 0.05) is 16.9 Å². The summed E-state index contributed by atoms with van der Waals surface area (Å²) in [5.41, 5.74) is 8.37. The second kappa shape index (κ2) is 5.19. The molecular weight excluding hydrogens is 238 g/mol. The number of rotatable bonds is 3. The van der Waals surface area contributed by atoms with Crippen molar-refractivity contribution in [1.82, 2.24) is 0 Å². The van der Waals surface area contributed by atoms with Gasteiger partial charge in [0.15, 0.2) is 0 Å². The Labute approximate surface area is 93.8 Å².